The molecule has 5 nitrogen and oxygen atoms in total. The predicted octanol–water partition coefficient (Wildman–Crippen LogP) is 1.43. The number of methoxy groups -OCH3 is 2. The van der Waals surface area contributed by atoms with Gasteiger partial charge in [-0.05, 0) is 13.3 Å². The number of hydrogen-bond donors (Lipinski definition) is 1. The second-order valence-electron chi connectivity index (χ2n) is 6.18. The molecule has 1 aliphatic rings. The normalized spacial score (nSPS) is 29.1. The lowest BCUT2D eigenvalue weighted by Gasteiger charge is -2.61. The Morgan fingerprint density at radius 2 is 1.95 bits per heavy atom. The fourth-order valence-electron chi connectivity index (χ4n) is 2.85. The van der Waals surface area contributed by atoms with Crippen molar-refractivity contribution in [1.82, 2.24) is 4.90 Å². The Morgan fingerprint density at radius 3 is 2.30 bits per heavy atom. The lowest BCUT2D eigenvalue weighted by atomic mass is 9.55. The Balaban J connectivity index is 0.00000361. The van der Waals surface area contributed by atoms with Gasteiger partial charge in [-0.3, -0.25) is 4.79 Å². The Bertz CT molecular complexity index is 334. The molecular formula is C14H29ClN2O3. The molecule has 0 heterocycles. The Labute approximate surface area is 128 Å². The van der Waals surface area contributed by atoms with Gasteiger partial charge in [0.15, 0.2) is 0 Å². The van der Waals surface area contributed by atoms with Crippen LogP contribution in [0.4, 0.5) is 0 Å². The Kier molecular flexibility index (Phi) is 6.94. The van der Waals surface area contributed by atoms with Gasteiger partial charge in [-0.1, -0.05) is 13.8 Å². The quantitative estimate of drug-likeness (QED) is 0.806. The Hall–Kier alpha value is -0.360. The van der Waals surface area contributed by atoms with Crippen molar-refractivity contribution < 1.29 is 14.3 Å². The molecule has 1 aliphatic carbocycles. The fourth-order valence-corrected chi connectivity index (χ4v) is 2.85. The van der Waals surface area contributed by atoms with Crippen LogP contribution in [0.1, 0.15) is 33.6 Å². The molecule has 120 valence electrons. The standard InChI is InChI=1S/C14H28N2O3.ClH/c1-13(2)11(8-14(13,3)19-6)16(4)12(17)7-10(9-15)18-5;/h10-11H,7-9,15H2,1-6H3;1H. The molecule has 20 heavy (non-hydrogen) atoms. The van der Waals surface area contributed by atoms with Crippen LogP contribution in [0.5, 0.6) is 0 Å². The third-order valence-electron chi connectivity index (χ3n) is 5.09. The third kappa shape index (κ3) is 3.27. The summed E-state index contributed by atoms with van der Waals surface area (Å²) in [5, 5.41) is 0. The molecule has 0 aliphatic heterocycles. The molecule has 1 fully saturated rings. The number of nitrogens with two attached hydrogens (primary N) is 1. The van der Waals surface area contributed by atoms with Crippen molar-refractivity contribution in [3.8, 4) is 0 Å². The van der Waals surface area contributed by atoms with E-state index in [1.54, 1.807) is 14.2 Å². The molecule has 0 aromatic carbocycles. The van der Waals surface area contributed by atoms with Crippen molar-refractivity contribution in [3.63, 3.8) is 0 Å². The second kappa shape index (κ2) is 7.07. The van der Waals surface area contributed by atoms with Crippen molar-refractivity contribution >= 4 is 18.3 Å². The van der Waals surface area contributed by atoms with Gasteiger partial charge in [-0.25, -0.2) is 0 Å². The summed E-state index contributed by atoms with van der Waals surface area (Å²) in [6, 6.07) is 0.195. The fraction of sp³-hybridized carbons (Fsp3) is 0.929. The second-order valence-corrected chi connectivity index (χ2v) is 6.18. The van der Waals surface area contributed by atoms with Crippen molar-refractivity contribution in [2.75, 3.05) is 27.8 Å². The first-order valence-corrected chi connectivity index (χ1v) is 6.77. The number of halogens is 1. The Morgan fingerprint density at radius 1 is 1.40 bits per heavy atom. The predicted molar refractivity (Wildman–Crippen MR) is 82.1 cm³/mol. The molecule has 0 aromatic rings. The van der Waals surface area contributed by atoms with E-state index in [4.69, 9.17) is 15.2 Å². The molecular weight excluding hydrogens is 280 g/mol. The van der Waals surface area contributed by atoms with E-state index < -0.39 is 0 Å². The first kappa shape index (κ1) is 19.6. The monoisotopic (exact) mass is 308 g/mol. The zero-order valence-electron chi connectivity index (χ0n) is 13.4. The average molecular weight is 309 g/mol. The summed E-state index contributed by atoms with van der Waals surface area (Å²) in [5.74, 6) is 0.0773. The van der Waals surface area contributed by atoms with Gasteiger partial charge in [-0.2, -0.15) is 0 Å². The summed E-state index contributed by atoms with van der Waals surface area (Å²) in [5.41, 5.74) is 5.33. The van der Waals surface area contributed by atoms with Crippen LogP contribution in [-0.4, -0.2) is 56.4 Å². The van der Waals surface area contributed by atoms with E-state index in [1.807, 2.05) is 11.9 Å². The van der Waals surface area contributed by atoms with Crippen LogP contribution in [0.25, 0.3) is 0 Å². The number of carbonyl (C=O) groups excluding carboxylic acids is 1. The van der Waals surface area contributed by atoms with Gasteiger partial charge in [0.2, 0.25) is 5.91 Å². The minimum absolute atomic E-state index is 0. The number of carbonyl (C=O) groups is 1. The third-order valence-corrected chi connectivity index (χ3v) is 5.09. The topological polar surface area (TPSA) is 64.8 Å². The molecule has 1 rings (SSSR count). The molecule has 1 amide bonds. The number of hydrogen-bond acceptors (Lipinski definition) is 4. The first-order valence-electron chi connectivity index (χ1n) is 6.77. The van der Waals surface area contributed by atoms with E-state index in [2.05, 4.69) is 20.8 Å². The molecule has 6 heteroatoms. The van der Waals surface area contributed by atoms with Gasteiger partial charge in [0, 0.05) is 39.3 Å². The van der Waals surface area contributed by atoms with Gasteiger partial charge in [-0.15, -0.1) is 12.4 Å². The van der Waals surface area contributed by atoms with Gasteiger partial charge in [0.25, 0.3) is 0 Å². The van der Waals surface area contributed by atoms with Gasteiger partial charge in [0.1, 0.15) is 0 Å². The summed E-state index contributed by atoms with van der Waals surface area (Å²) in [7, 11) is 5.17. The SMILES string of the molecule is COC(CN)CC(=O)N(C)C1CC(C)(OC)C1(C)C.Cl. The number of rotatable bonds is 6. The average Bonchev–Trinajstić information content (AvgIpc) is 2.40. The molecule has 3 unspecified atom stereocenters. The van der Waals surface area contributed by atoms with E-state index in [1.165, 1.54) is 0 Å². The first-order chi connectivity index (χ1) is 8.73. The van der Waals surface area contributed by atoms with Gasteiger partial charge >= 0.3 is 0 Å². The minimum Gasteiger partial charge on any atom is -0.380 e. The number of ether oxygens (including phenoxy) is 2. The summed E-state index contributed by atoms with van der Waals surface area (Å²) < 4.78 is 10.8. The van der Waals surface area contributed by atoms with Crippen molar-refractivity contribution in [2.24, 2.45) is 11.1 Å². The molecule has 0 saturated heterocycles. The van der Waals surface area contributed by atoms with E-state index in [0.717, 1.165) is 6.42 Å². The summed E-state index contributed by atoms with van der Waals surface area (Å²) in [6.45, 7) is 6.75. The van der Waals surface area contributed by atoms with Crippen LogP contribution in [0.3, 0.4) is 0 Å². The molecule has 1 saturated carbocycles. The largest absolute Gasteiger partial charge is 0.380 e. The highest BCUT2D eigenvalue weighted by molar-refractivity contribution is 5.85. The molecule has 3 atom stereocenters. The van der Waals surface area contributed by atoms with Gasteiger partial charge in [0.05, 0.1) is 18.1 Å². The maximum absolute atomic E-state index is 12.2. The van der Waals surface area contributed by atoms with Crippen LogP contribution >= 0.6 is 12.4 Å². The van der Waals surface area contributed by atoms with Crippen LogP contribution in [0.15, 0.2) is 0 Å². The van der Waals surface area contributed by atoms with Crippen LogP contribution < -0.4 is 5.73 Å². The molecule has 0 radical (unpaired) electrons. The minimum atomic E-state index is -0.202. The highest BCUT2D eigenvalue weighted by Crippen LogP contribution is 2.53. The highest BCUT2D eigenvalue weighted by atomic mass is 35.5. The van der Waals surface area contributed by atoms with Gasteiger partial charge < -0.3 is 20.1 Å². The van der Waals surface area contributed by atoms with E-state index in [0.29, 0.717) is 13.0 Å². The lowest BCUT2D eigenvalue weighted by Crippen LogP contribution is -2.68. The van der Waals surface area contributed by atoms with Crippen LogP contribution in [-0.2, 0) is 14.3 Å². The lowest BCUT2D eigenvalue weighted by molar-refractivity contribution is -0.207. The molecule has 0 bridgehead atoms. The molecule has 0 aromatic heterocycles. The maximum atomic E-state index is 12.2. The van der Waals surface area contributed by atoms with E-state index >= 15 is 0 Å². The molecule has 0 spiro atoms. The summed E-state index contributed by atoms with van der Waals surface area (Å²) in [4.78, 5) is 14.1. The van der Waals surface area contributed by atoms with Crippen molar-refractivity contribution in [2.45, 2.75) is 51.4 Å². The maximum Gasteiger partial charge on any atom is 0.225 e. The zero-order valence-corrected chi connectivity index (χ0v) is 14.3. The van der Waals surface area contributed by atoms with Crippen molar-refractivity contribution in [3.05, 3.63) is 0 Å². The van der Waals surface area contributed by atoms with Crippen LogP contribution in [0.2, 0.25) is 0 Å². The number of amides is 1. The smallest absolute Gasteiger partial charge is 0.225 e. The number of nitrogens with zero attached hydrogens (tertiary/aromatic N) is 1. The molecule has 2 N–H and O–H groups in total. The summed E-state index contributed by atoms with van der Waals surface area (Å²) >= 11 is 0. The van der Waals surface area contributed by atoms with E-state index in [9.17, 15) is 4.79 Å². The van der Waals surface area contributed by atoms with E-state index in [-0.39, 0.29) is 41.5 Å². The zero-order chi connectivity index (χ0) is 14.8. The summed E-state index contributed by atoms with van der Waals surface area (Å²) in [6.07, 6.45) is 0.991. The highest BCUT2D eigenvalue weighted by Gasteiger charge is 2.59. The van der Waals surface area contributed by atoms with Crippen LogP contribution in [0, 0.1) is 5.41 Å². The van der Waals surface area contributed by atoms with Crippen molar-refractivity contribution in [1.29, 1.82) is 0 Å².